The molecule has 7 heteroatoms. The average molecular weight is 314 g/mol. The van der Waals surface area contributed by atoms with Crippen molar-refractivity contribution in [1.29, 1.82) is 0 Å². The van der Waals surface area contributed by atoms with E-state index >= 15 is 0 Å². The van der Waals surface area contributed by atoms with Crippen LogP contribution in [0, 0.1) is 0 Å². The summed E-state index contributed by atoms with van der Waals surface area (Å²) in [5.41, 5.74) is 2.42. The first kappa shape index (κ1) is 14.4. The summed E-state index contributed by atoms with van der Waals surface area (Å²) >= 11 is 0. The molecule has 0 aliphatic carbocycles. The molecule has 2 aromatic heterocycles. The summed E-state index contributed by atoms with van der Waals surface area (Å²) in [7, 11) is 0. The number of hydrogen-bond donors (Lipinski definition) is 1. The molecule has 0 saturated carbocycles. The molecular weight excluding hydrogens is 292 g/mol. The Kier molecular flexibility index (Phi) is 3.87. The van der Waals surface area contributed by atoms with Crippen LogP contribution in [0.1, 0.15) is 30.5 Å². The second kappa shape index (κ2) is 6.16. The van der Waals surface area contributed by atoms with Gasteiger partial charge in [-0.2, -0.15) is 10.2 Å². The topological polar surface area (TPSA) is 70.1 Å². The number of nitrogens with one attached hydrogen (secondary N) is 1. The normalized spacial score (nSPS) is 22.3. The average Bonchev–Trinajstić information content (AvgIpc) is 3.26. The maximum atomic E-state index is 12.0. The molecule has 2 aromatic rings. The second-order valence-corrected chi connectivity index (χ2v) is 6.44. The van der Waals surface area contributed by atoms with Crippen LogP contribution in [-0.2, 0) is 24.4 Å². The minimum absolute atomic E-state index is 0.301. The fourth-order valence-electron chi connectivity index (χ4n) is 3.63. The highest BCUT2D eigenvalue weighted by Crippen LogP contribution is 2.22. The van der Waals surface area contributed by atoms with Gasteiger partial charge in [-0.25, -0.2) is 0 Å². The Morgan fingerprint density at radius 2 is 2.30 bits per heavy atom. The van der Waals surface area contributed by atoms with E-state index in [0.29, 0.717) is 18.4 Å². The third-order valence-corrected chi connectivity index (χ3v) is 4.90. The molecule has 23 heavy (non-hydrogen) atoms. The molecule has 1 atom stereocenters. The highest BCUT2D eigenvalue weighted by Gasteiger charge is 2.29. The van der Waals surface area contributed by atoms with Gasteiger partial charge in [0.05, 0.1) is 11.9 Å². The molecule has 4 heterocycles. The Bertz CT molecular complexity index is 664. The fourth-order valence-corrected chi connectivity index (χ4v) is 3.63. The molecule has 7 nitrogen and oxygen atoms in total. The van der Waals surface area contributed by atoms with Gasteiger partial charge in [0.2, 0.25) is 5.91 Å². The number of H-pyrrole nitrogens is 1. The first-order valence-corrected chi connectivity index (χ1v) is 8.30. The highest BCUT2D eigenvalue weighted by molar-refractivity contribution is 5.78. The number of aromatic nitrogens is 4. The van der Waals surface area contributed by atoms with Crippen LogP contribution in [0.3, 0.4) is 0 Å². The van der Waals surface area contributed by atoms with E-state index in [0.717, 1.165) is 45.6 Å². The van der Waals surface area contributed by atoms with Crippen molar-refractivity contribution in [3.63, 3.8) is 0 Å². The molecule has 0 aromatic carbocycles. The van der Waals surface area contributed by atoms with Crippen molar-refractivity contribution in [2.24, 2.45) is 0 Å². The highest BCUT2D eigenvalue weighted by atomic mass is 16.2. The molecule has 0 radical (unpaired) electrons. The van der Waals surface area contributed by atoms with E-state index in [1.165, 1.54) is 11.3 Å². The summed E-state index contributed by atoms with van der Waals surface area (Å²) in [6, 6.07) is 2.44. The summed E-state index contributed by atoms with van der Waals surface area (Å²) < 4.78 is 2.09. The van der Waals surface area contributed by atoms with Crippen LogP contribution >= 0.6 is 0 Å². The van der Waals surface area contributed by atoms with Crippen LogP contribution in [-0.4, -0.2) is 54.8 Å². The monoisotopic (exact) mass is 314 g/mol. The zero-order valence-electron chi connectivity index (χ0n) is 13.2. The lowest BCUT2D eigenvalue weighted by Gasteiger charge is -2.32. The zero-order chi connectivity index (χ0) is 15.6. The summed E-state index contributed by atoms with van der Waals surface area (Å²) in [5.74, 6) is 0.301. The van der Waals surface area contributed by atoms with Gasteiger partial charge in [-0.1, -0.05) is 0 Å². The van der Waals surface area contributed by atoms with Gasteiger partial charge in [-0.15, -0.1) is 0 Å². The van der Waals surface area contributed by atoms with Crippen molar-refractivity contribution in [3.8, 4) is 0 Å². The third kappa shape index (κ3) is 3.01. The zero-order valence-corrected chi connectivity index (χ0v) is 13.2. The van der Waals surface area contributed by atoms with Crippen LogP contribution in [0.2, 0.25) is 0 Å². The smallest absolute Gasteiger partial charge is 0.222 e. The van der Waals surface area contributed by atoms with Crippen LogP contribution in [0.5, 0.6) is 0 Å². The predicted octanol–water partition coefficient (Wildman–Crippen LogP) is 1.00. The molecule has 1 N–H and O–H groups in total. The molecule has 2 aliphatic heterocycles. The summed E-state index contributed by atoms with van der Waals surface area (Å²) in [5, 5.41) is 11.4. The van der Waals surface area contributed by atoms with Crippen molar-refractivity contribution in [1.82, 2.24) is 29.8 Å². The lowest BCUT2D eigenvalue weighted by molar-refractivity contribution is -0.128. The van der Waals surface area contributed by atoms with Crippen LogP contribution < -0.4 is 0 Å². The Balaban J connectivity index is 1.54. The van der Waals surface area contributed by atoms with E-state index in [4.69, 9.17) is 0 Å². The SMILES string of the molecule is O=C1CCCN1C[C@@H]1CCn2nccc2CN1Cc1cn[nH]c1. The number of aromatic amines is 1. The Morgan fingerprint density at radius 1 is 1.35 bits per heavy atom. The predicted molar refractivity (Wildman–Crippen MR) is 84.3 cm³/mol. The van der Waals surface area contributed by atoms with Gasteiger partial charge in [-0.3, -0.25) is 19.5 Å². The van der Waals surface area contributed by atoms with Gasteiger partial charge in [0, 0.05) is 63.1 Å². The van der Waals surface area contributed by atoms with E-state index in [1.54, 1.807) is 0 Å². The Labute approximate surface area is 135 Å². The molecule has 1 saturated heterocycles. The third-order valence-electron chi connectivity index (χ3n) is 4.90. The first-order chi connectivity index (χ1) is 11.3. The molecule has 0 spiro atoms. The molecule has 4 rings (SSSR count). The lowest BCUT2D eigenvalue weighted by Crippen LogP contribution is -2.43. The van der Waals surface area contributed by atoms with Crippen molar-refractivity contribution in [3.05, 3.63) is 35.9 Å². The summed E-state index contributed by atoms with van der Waals surface area (Å²) in [4.78, 5) is 16.5. The van der Waals surface area contributed by atoms with Crippen molar-refractivity contribution in [2.75, 3.05) is 13.1 Å². The molecule has 0 unspecified atom stereocenters. The minimum atomic E-state index is 0.301. The van der Waals surface area contributed by atoms with Gasteiger partial charge in [0.25, 0.3) is 0 Å². The maximum absolute atomic E-state index is 12.0. The number of fused-ring (bicyclic) bond motifs is 1. The maximum Gasteiger partial charge on any atom is 0.222 e. The molecule has 0 bridgehead atoms. The first-order valence-electron chi connectivity index (χ1n) is 8.30. The fraction of sp³-hybridized carbons (Fsp3) is 0.562. The van der Waals surface area contributed by atoms with E-state index in [2.05, 4.69) is 30.9 Å². The van der Waals surface area contributed by atoms with Gasteiger partial charge >= 0.3 is 0 Å². The minimum Gasteiger partial charge on any atom is -0.341 e. The van der Waals surface area contributed by atoms with Crippen molar-refractivity contribution < 1.29 is 4.79 Å². The van der Waals surface area contributed by atoms with Crippen LogP contribution in [0.25, 0.3) is 0 Å². The molecule has 122 valence electrons. The number of carbonyl (C=O) groups is 1. The van der Waals surface area contributed by atoms with Crippen molar-refractivity contribution >= 4 is 5.91 Å². The van der Waals surface area contributed by atoms with Crippen LogP contribution in [0.15, 0.2) is 24.7 Å². The number of nitrogens with zero attached hydrogens (tertiary/aromatic N) is 5. The summed E-state index contributed by atoms with van der Waals surface area (Å²) in [6.45, 7) is 4.34. The van der Waals surface area contributed by atoms with Gasteiger partial charge in [0.1, 0.15) is 0 Å². The number of likely N-dealkylation sites (tertiary alicyclic amines) is 1. The van der Waals surface area contributed by atoms with E-state index in [9.17, 15) is 4.79 Å². The van der Waals surface area contributed by atoms with E-state index < -0.39 is 0 Å². The number of hydrogen-bond acceptors (Lipinski definition) is 4. The molecule has 1 fully saturated rings. The van der Waals surface area contributed by atoms with Gasteiger partial charge in [0.15, 0.2) is 0 Å². The van der Waals surface area contributed by atoms with Gasteiger partial charge < -0.3 is 4.90 Å². The quantitative estimate of drug-likeness (QED) is 0.914. The number of amides is 1. The van der Waals surface area contributed by atoms with Crippen LogP contribution in [0.4, 0.5) is 0 Å². The summed E-state index contributed by atoms with van der Waals surface area (Å²) in [6.07, 6.45) is 8.40. The number of rotatable bonds is 4. The molecule has 1 amide bonds. The lowest BCUT2D eigenvalue weighted by atomic mass is 10.1. The second-order valence-electron chi connectivity index (χ2n) is 6.44. The van der Waals surface area contributed by atoms with Crippen molar-refractivity contribution in [2.45, 2.75) is 44.9 Å². The standard InChI is InChI=1S/C16H22N6O/c23-16-2-1-6-20(16)11-14-4-7-22-15(3-5-19-22)12-21(14)10-13-8-17-18-9-13/h3,5,8-9,14H,1-2,4,6-7,10-12H2,(H,17,18)/t14-/m0/s1. The van der Waals surface area contributed by atoms with Gasteiger partial charge in [-0.05, 0) is 18.9 Å². The Morgan fingerprint density at radius 3 is 3.09 bits per heavy atom. The van der Waals surface area contributed by atoms with E-state index in [1.807, 2.05) is 23.5 Å². The number of carbonyl (C=O) groups excluding carboxylic acids is 1. The van der Waals surface area contributed by atoms with E-state index in [-0.39, 0.29) is 0 Å². The Hall–Kier alpha value is -2.15. The molecular formula is C16H22N6O. The largest absolute Gasteiger partial charge is 0.341 e. The molecule has 2 aliphatic rings. The number of aryl methyl sites for hydroxylation is 1.